The van der Waals surface area contributed by atoms with Gasteiger partial charge in [-0.1, -0.05) is 34.8 Å². The van der Waals surface area contributed by atoms with E-state index in [0.717, 1.165) is 11.3 Å². The van der Waals surface area contributed by atoms with Gasteiger partial charge in [0.25, 0.3) is 10.0 Å². The second-order valence-corrected chi connectivity index (χ2v) is 8.61. The molecule has 0 aliphatic carbocycles. The fourth-order valence-electron chi connectivity index (χ4n) is 1.85. The lowest BCUT2D eigenvalue weighted by Crippen LogP contribution is -2.17. The molecule has 0 bridgehead atoms. The van der Waals surface area contributed by atoms with E-state index < -0.39 is 10.0 Å². The first-order valence-electron chi connectivity index (χ1n) is 5.93. The van der Waals surface area contributed by atoms with Crippen molar-refractivity contribution in [1.82, 2.24) is 0 Å². The lowest BCUT2D eigenvalue weighted by molar-refractivity contribution is 0.171. The minimum atomic E-state index is -3.91. The first-order valence-corrected chi connectivity index (χ1v) is 9.37. The SMILES string of the molecule is O=S(=O)(Nc1cc2c(cc1Cl)OCCO2)c1cc(Cl)sc1Cl. The summed E-state index contributed by atoms with van der Waals surface area (Å²) in [5.41, 5.74) is 0.171. The van der Waals surface area contributed by atoms with Crippen molar-refractivity contribution in [3.8, 4) is 11.5 Å². The normalized spacial score (nSPS) is 14.0. The van der Waals surface area contributed by atoms with Gasteiger partial charge in [-0.05, 0) is 6.07 Å². The molecule has 0 saturated carbocycles. The van der Waals surface area contributed by atoms with Crippen molar-refractivity contribution in [3.63, 3.8) is 0 Å². The van der Waals surface area contributed by atoms with E-state index in [1.807, 2.05) is 0 Å². The molecular formula is C12H8Cl3NO4S2. The summed E-state index contributed by atoms with van der Waals surface area (Å²) in [6.07, 6.45) is 0. The zero-order valence-corrected chi connectivity index (χ0v) is 14.6. The summed E-state index contributed by atoms with van der Waals surface area (Å²) in [6, 6.07) is 4.25. The highest BCUT2D eigenvalue weighted by molar-refractivity contribution is 7.93. The van der Waals surface area contributed by atoms with Crippen molar-refractivity contribution in [2.24, 2.45) is 0 Å². The van der Waals surface area contributed by atoms with Gasteiger partial charge in [0.2, 0.25) is 0 Å². The molecule has 3 rings (SSSR count). The molecule has 0 unspecified atom stereocenters. The van der Waals surface area contributed by atoms with Crippen LogP contribution in [-0.4, -0.2) is 21.6 Å². The van der Waals surface area contributed by atoms with Crippen LogP contribution >= 0.6 is 46.1 Å². The molecule has 2 heterocycles. The molecular weight excluding hydrogens is 393 g/mol. The highest BCUT2D eigenvalue weighted by Gasteiger charge is 2.23. The Morgan fingerprint density at radius 3 is 2.27 bits per heavy atom. The molecule has 5 nitrogen and oxygen atoms in total. The monoisotopic (exact) mass is 399 g/mol. The summed E-state index contributed by atoms with van der Waals surface area (Å²) < 4.78 is 38.3. The number of rotatable bonds is 3. The molecule has 118 valence electrons. The highest BCUT2D eigenvalue weighted by Crippen LogP contribution is 2.40. The Balaban J connectivity index is 1.97. The minimum Gasteiger partial charge on any atom is -0.486 e. The van der Waals surface area contributed by atoms with Gasteiger partial charge >= 0.3 is 0 Å². The molecule has 1 aromatic carbocycles. The number of fused-ring (bicyclic) bond motifs is 1. The lowest BCUT2D eigenvalue weighted by atomic mass is 10.2. The Morgan fingerprint density at radius 1 is 1.05 bits per heavy atom. The topological polar surface area (TPSA) is 64.6 Å². The maximum Gasteiger partial charge on any atom is 0.264 e. The summed E-state index contributed by atoms with van der Waals surface area (Å²) >= 11 is 18.7. The maximum absolute atomic E-state index is 12.4. The molecule has 1 aromatic heterocycles. The summed E-state index contributed by atoms with van der Waals surface area (Å²) in [7, 11) is -3.91. The number of nitrogens with one attached hydrogen (secondary N) is 1. The van der Waals surface area contributed by atoms with Gasteiger partial charge in [-0.3, -0.25) is 4.72 Å². The Morgan fingerprint density at radius 2 is 1.68 bits per heavy atom. The quantitative estimate of drug-likeness (QED) is 0.835. The van der Waals surface area contributed by atoms with E-state index in [1.54, 1.807) is 0 Å². The predicted molar refractivity (Wildman–Crippen MR) is 87.6 cm³/mol. The molecule has 0 atom stereocenters. The molecule has 0 fully saturated rings. The number of sulfonamides is 1. The third kappa shape index (κ3) is 3.09. The fraction of sp³-hybridized carbons (Fsp3) is 0.167. The molecule has 0 radical (unpaired) electrons. The van der Waals surface area contributed by atoms with Crippen molar-refractivity contribution in [2.75, 3.05) is 17.9 Å². The smallest absolute Gasteiger partial charge is 0.264 e. The largest absolute Gasteiger partial charge is 0.486 e. The van der Waals surface area contributed by atoms with Crippen molar-refractivity contribution in [1.29, 1.82) is 0 Å². The third-order valence-corrected chi connectivity index (χ3v) is 6.22. The Bertz CT molecular complexity index is 835. The lowest BCUT2D eigenvalue weighted by Gasteiger charge is -2.20. The predicted octanol–water partition coefficient (Wildman–Crippen LogP) is 4.28. The Hall–Kier alpha value is -0.860. The van der Waals surface area contributed by atoms with Crippen LogP contribution in [0, 0.1) is 0 Å². The van der Waals surface area contributed by atoms with E-state index in [4.69, 9.17) is 44.3 Å². The van der Waals surface area contributed by atoms with Gasteiger partial charge < -0.3 is 9.47 Å². The second kappa shape index (κ2) is 5.98. The van der Waals surface area contributed by atoms with Gasteiger partial charge in [-0.15, -0.1) is 11.3 Å². The van der Waals surface area contributed by atoms with E-state index in [9.17, 15) is 8.42 Å². The van der Waals surface area contributed by atoms with Crippen LogP contribution in [0.25, 0.3) is 0 Å². The van der Waals surface area contributed by atoms with Gasteiger partial charge in [-0.2, -0.15) is 0 Å². The first kappa shape index (κ1) is 16.0. The van der Waals surface area contributed by atoms with Crippen LogP contribution in [0.5, 0.6) is 11.5 Å². The van der Waals surface area contributed by atoms with Crippen molar-refractivity contribution >= 4 is 61.9 Å². The van der Waals surface area contributed by atoms with Crippen LogP contribution in [0.15, 0.2) is 23.1 Å². The molecule has 1 aliphatic rings. The molecule has 0 amide bonds. The standard InChI is InChI=1S/C12H8Cl3NO4S2/c13-6-3-8-9(20-2-1-19-8)4-7(6)16-22(17,18)10-5-11(14)21-12(10)15/h3-5,16H,1-2H2. The number of benzene rings is 1. The van der Waals surface area contributed by atoms with Crippen LogP contribution in [0.1, 0.15) is 0 Å². The molecule has 0 spiro atoms. The summed E-state index contributed by atoms with van der Waals surface area (Å²) in [6.45, 7) is 0.796. The molecule has 10 heteroatoms. The van der Waals surface area contributed by atoms with Gasteiger partial charge in [0, 0.05) is 12.1 Å². The van der Waals surface area contributed by atoms with Gasteiger partial charge in [0.15, 0.2) is 11.5 Å². The van der Waals surface area contributed by atoms with Crippen molar-refractivity contribution < 1.29 is 17.9 Å². The summed E-state index contributed by atoms with van der Waals surface area (Å²) in [5, 5.41) is 0.185. The third-order valence-electron chi connectivity index (χ3n) is 2.79. The van der Waals surface area contributed by atoms with Crippen LogP contribution in [0.4, 0.5) is 5.69 Å². The second-order valence-electron chi connectivity index (χ2n) is 4.27. The number of anilines is 1. The first-order chi connectivity index (χ1) is 10.4. The Labute approximate surface area is 145 Å². The number of thiophene rings is 1. The highest BCUT2D eigenvalue weighted by atomic mass is 35.5. The van der Waals surface area contributed by atoms with E-state index in [2.05, 4.69) is 4.72 Å². The average Bonchev–Trinajstić information content (AvgIpc) is 2.79. The fourth-order valence-corrected chi connectivity index (χ4v) is 5.33. The van der Waals surface area contributed by atoms with Gasteiger partial charge in [-0.25, -0.2) is 8.42 Å². The van der Waals surface area contributed by atoms with Crippen LogP contribution < -0.4 is 14.2 Å². The average molecular weight is 401 g/mol. The zero-order valence-electron chi connectivity index (χ0n) is 10.7. The number of halogens is 3. The summed E-state index contributed by atoms with van der Waals surface area (Å²) in [4.78, 5) is -0.102. The van der Waals surface area contributed by atoms with Crippen LogP contribution in [0.2, 0.25) is 13.7 Å². The van der Waals surface area contributed by atoms with Crippen LogP contribution in [-0.2, 0) is 10.0 Å². The molecule has 0 saturated heterocycles. The summed E-state index contributed by atoms with van der Waals surface area (Å²) in [5.74, 6) is 0.888. The minimum absolute atomic E-state index is 0.0752. The van der Waals surface area contributed by atoms with E-state index in [-0.39, 0.29) is 24.3 Å². The molecule has 1 aliphatic heterocycles. The molecule has 22 heavy (non-hydrogen) atoms. The number of hydrogen-bond acceptors (Lipinski definition) is 5. The van der Waals surface area contributed by atoms with E-state index in [0.29, 0.717) is 24.7 Å². The van der Waals surface area contributed by atoms with Gasteiger partial charge in [0.1, 0.15) is 22.4 Å². The molecule has 1 N–H and O–H groups in total. The van der Waals surface area contributed by atoms with E-state index >= 15 is 0 Å². The van der Waals surface area contributed by atoms with Crippen molar-refractivity contribution in [3.05, 3.63) is 31.9 Å². The van der Waals surface area contributed by atoms with Gasteiger partial charge in [0.05, 0.1) is 15.0 Å². The number of hydrogen-bond donors (Lipinski definition) is 1. The Kier molecular flexibility index (Phi) is 4.35. The maximum atomic E-state index is 12.4. The number of ether oxygens (including phenoxy) is 2. The molecule has 2 aromatic rings. The van der Waals surface area contributed by atoms with Crippen LogP contribution in [0.3, 0.4) is 0 Å². The van der Waals surface area contributed by atoms with Crippen molar-refractivity contribution in [2.45, 2.75) is 4.90 Å². The van der Waals surface area contributed by atoms with E-state index in [1.165, 1.54) is 18.2 Å². The zero-order chi connectivity index (χ0) is 15.9.